The van der Waals surface area contributed by atoms with Crippen molar-refractivity contribution >= 4 is 11.8 Å². The SMILES string of the molecule is CCC1C(=O)NCC(=O)N1CCCN(C)C. The Morgan fingerprint density at radius 1 is 1.44 bits per heavy atom. The van der Waals surface area contributed by atoms with E-state index in [0.29, 0.717) is 13.0 Å². The number of hydrogen-bond donors (Lipinski definition) is 1. The van der Waals surface area contributed by atoms with Gasteiger partial charge in [-0.2, -0.15) is 0 Å². The first-order chi connectivity index (χ1) is 7.56. The van der Waals surface area contributed by atoms with Crippen molar-refractivity contribution in [3.63, 3.8) is 0 Å². The van der Waals surface area contributed by atoms with Crippen molar-refractivity contribution < 1.29 is 9.59 Å². The van der Waals surface area contributed by atoms with Gasteiger partial charge in [-0.25, -0.2) is 0 Å². The number of hydrogen-bond acceptors (Lipinski definition) is 3. The molecule has 1 saturated heterocycles. The van der Waals surface area contributed by atoms with Gasteiger partial charge in [0.05, 0.1) is 6.54 Å². The highest BCUT2D eigenvalue weighted by molar-refractivity contribution is 5.94. The number of piperazine rings is 1. The van der Waals surface area contributed by atoms with Gasteiger partial charge in [0.15, 0.2) is 0 Å². The number of nitrogens with one attached hydrogen (secondary N) is 1. The van der Waals surface area contributed by atoms with Gasteiger partial charge >= 0.3 is 0 Å². The van der Waals surface area contributed by atoms with Gasteiger partial charge < -0.3 is 15.1 Å². The first kappa shape index (κ1) is 13.0. The van der Waals surface area contributed by atoms with E-state index in [-0.39, 0.29) is 24.4 Å². The lowest BCUT2D eigenvalue weighted by atomic mass is 10.1. The van der Waals surface area contributed by atoms with Crippen molar-refractivity contribution in [2.45, 2.75) is 25.8 Å². The zero-order valence-corrected chi connectivity index (χ0v) is 10.3. The summed E-state index contributed by atoms with van der Waals surface area (Å²) >= 11 is 0. The normalized spacial score (nSPS) is 21.5. The molecule has 2 amide bonds. The molecular weight excluding hydrogens is 206 g/mol. The average molecular weight is 227 g/mol. The Bertz CT molecular complexity index is 266. The van der Waals surface area contributed by atoms with Crippen LogP contribution < -0.4 is 5.32 Å². The highest BCUT2D eigenvalue weighted by Gasteiger charge is 2.32. The summed E-state index contributed by atoms with van der Waals surface area (Å²) in [7, 11) is 4.00. The average Bonchev–Trinajstić information content (AvgIpc) is 2.23. The fourth-order valence-corrected chi connectivity index (χ4v) is 1.94. The minimum atomic E-state index is -0.275. The molecule has 0 bridgehead atoms. The number of rotatable bonds is 5. The van der Waals surface area contributed by atoms with E-state index in [1.54, 1.807) is 4.90 Å². The van der Waals surface area contributed by atoms with Crippen LogP contribution in [0.3, 0.4) is 0 Å². The van der Waals surface area contributed by atoms with Crippen LogP contribution in [-0.2, 0) is 9.59 Å². The highest BCUT2D eigenvalue weighted by atomic mass is 16.2. The lowest BCUT2D eigenvalue weighted by Gasteiger charge is -2.34. The summed E-state index contributed by atoms with van der Waals surface area (Å²) in [6, 6.07) is -0.275. The lowest BCUT2D eigenvalue weighted by molar-refractivity contribution is -0.145. The second-order valence-corrected chi connectivity index (χ2v) is 4.39. The molecule has 92 valence electrons. The molecule has 1 atom stereocenters. The molecule has 5 heteroatoms. The Kier molecular flexibility index (Phi) is 4.73. The van der Waals surface area contributed by atoms with Crippen LogP contribution in [0.1, 0.15) is 19.8 Å². The number of amides is 2. The fraction of sp³-hybridized carbons (Fsp3) is 0.818. The van der Waals surface area contributed by atoms with Crippen molar-refractivity contribution in [2.75, 3.05) is 33.7 Å². The van der Waals surface area contributed by atoms with Crippen LogP contribution in [-0.4, -0.2) is 61.4 Å². The van der Waals surface area contributed by atoms with Gasteiger partial charge in [0.25, 0.3) is 0 Å². The Balaban J connectivity index is 2.51. The highest BCUT2D eigenvalue weighted by Crippen LogP contribution is 2.10. The molecule has 1 aliphatic rings. The van der Waals surface area contributed by atoms with E-state index < -0.39 is 0 Å². The van der Waals surface area contributed by atoms with Gasteiger partial charge in [0.1, 0.15) is 6.04 Å². The molecule has 16 heavy (non-hydrogen) atoms. The maximum atomic E-state index is 11.7. The van der Waals surface area contributed by atoms with Crippen molar-refractivity contribution in [2.24, 2.45) is 0 Å². The van der Waals surface area contributed by atoms with Crippen LogP contribution in [0, 0.1) is 0 Å². The predicted molar refractivity (Wildman–Crippen MR) is 62.0 cm³/mol. The molecule has 1 N–H and O–H groups in total. The molecule has 0 radical (unpaired) electrons. The van der Waals surface area contributed by atoms with Crippen molar-refractivity contribution in [3.05, 3.63) is 0 Å². The van der Waals surface area contributed by atoms with E-state index in [0.717, 1.165) is 13.0 Å². The maximum Gasteiger partial charge on any atom is 0.243 e. The molecule has 0 aromatic rings. The minimum absolute atomic E-state index is 0.0213. The Morgan fingerprint density at radius 2 is 2.12 bits per heavy atom. The molecule has 0 spiro atoms. The zero-order valence-electron chi connectivity index (χ0n) is 10.3. The Morgan fingerprint density at radius 3 is 2.69 bits per heavy atom. The van der Waals surface area contributed by atoms with E-state index in [9.17, 15) is 9.59 Å². The molecular formula is C11H21N3O2. The first-order valence-electron chi connectivity index (χ1n) is 5.78. The molecule has 1 aliphatic heterocycles. The van der Waals surface area contributed by atoms with Crippen molar-refractivity contribution in [1.29, 1.82) is 0 Å². The maximum absolute atomic E-state index is 11.7. The van der Waals surface area contributed by atoms with Crippen molar-refractivity contribution in [1.82, 2.24) is 15.1 Å². The summed E-state index contributed by atoms with van der Waals surface area (Å²) in [6.07, 6.45) is 1.59. The third-order valence-electron chi connectivity index (χ3n) is 2.80. The van der Waals surface area contributed by atoms with Crippen LogP contribution in [0.25, 0.3) is 0 Å². The summed E-state index contributed by atoms with van der Waals surface area (Å²) in [6.45, 7) is 3.68. The van der Waals surface area contributed by atoms with E-state index in [1.807, 2.05) is 21.0 Å². The smallest absolute Gasteiger partial charge is 0.243 e. The first-order valence-corrected chi connectivity index (χ1v) is 5.78. The summed E-state index contributed by atoms with van der Waals surface area (Å²) in [5.41, 5.74) is 0. The number of carbonyl (C=O) groups is 2. The second kappa shape index (κ2) is 5.84. The van der Waals surface area contributed by atoms with Gasteiger partial charge in [0.2, 0.25) is 11.8 Å². The molecule has 1 fully saturated rings. The van der Waals surface area contributed by atoms with Gasteiger partial charge in [-0.05, 0) is 33.5 Å². The number of nitrogens with zero attached hydrogens (tertiary/aromatic N) is 2. The summed E-state index contributed by atoms with van der Waals surface area (Å²) in [5.74, 6) is 0.0113. The van der Waals surface area contributed by atoms with Crippen molar-refractivity contribution in [3.8, 4) is 0 Å². The van der Waals surface area contributed by atoms with Crippen LogP contribution in [0.5, 0.6) is 0 Å². The molecule has 0 aromatic heterocycles. The lowest BCUT2D eigenvalue weighted by Crippen LogP contribution is -2.58. The van der Waals surface area contributed by atoms with Gasteiger partial charge in [-0.3, -0.25) is 9.59 Å². The standard InChI is InChI=1S/C11H21N3O2/c1-4-9-11(16)12-8-10(15)14(9)7-5-6-13(2)3/h9H,4-8H2,1-3H3,(H,12,16). The molecule has 5 nitrogen and oxygen atoms in total. The molecule has 1 rings (SSSR count). The van der Waals surface area contributed by atoms with E-state index in [4.69, 9.17) is 0 Å². The summed E-state index contributed by atoms with van der Waals surface area (Å²) < 4.78 is 0. The van der Waals surface area contributed by atoms with Gasteiger partial charge in [-0.15, -0.1) is 0 Å². The third kappa shape index (κ3) is 3.20. The molecule has 0 saturated carbocycles. The second-order valence-electron chi connectivity index (χ2n) is 4.39. The molecule has 1 heterocycles. The minimum Gasteiger partial charge on any atom is -0.345 e. The molecule has 0 aliphatic carbocycles. The van der Waals surface area contributed by atoms with E-state index in [2.05, 4.69) is 10.2 Å². The molecule has 0 aromatic carbocycles. The van der Waals surface area contributed by atoms with Crippen LogP contribution >= 0.6 is 0 Å². The predicted octanol–water partition coefficient (Wildman–Crippen LogP) is -0.325. The van der Waals surface area contributed by atoms with E-state index >= 15 is 0 Å². The quantitative estimate of drug-likeness (QED) is 0.700. The monoisotopic (exact) mass is 227 g/mol. The fourth-order valence-electron chi connectivity index (χ4n) is 1.94. The summed E-state index contributed by atoms with van der Waals surface area (Å²) in [4.78, 5) is 27.0. The van der Waals surface area contributed by atoms with Crippen LogP contribution in [0.15, 0.2) is 0 Å². The molecule has 1 unspecified atom stereocenters. The Labute approximate surface area is 96.8 Å². The number of carbonyl (C=O) groups excluding carboxylic acids is 2. The van der Waals surface area contributed by atoms with Crippen LogP contribution in [0.2, 0.25) is 0 Å². The summed E-state index contributed by atoms with van der Waals surface area (Å²) in [5, 5.41) is 2.62. The van der Waals surface area contributed by atoms with Crippen LogP contribution in [0.4, 0.5) is 0 Å². The topological polar surface area (TPSA) is 52.7 Å². The van der Waals surface area contributed by atoms with E-state index in [1.165, 1.54) is 0 Å². The van der Waals surface area contributed by atoms with Gasteiger partial charge in [0, 0.05) is 6.54 Å². The zero-order chi connectivity index (χ0) is 12.1. The largest absolute Gasteiger partial charge is 0.345 e. The van der Waals surface area contributed by atoms with Gasteiger partial charge in [-0.1, -0.05) is 6.92 Å². The Hall–Kier alpha value is -1.10. The third-order valence-corrected chi connectivity index (χ3v) is 2.80.